The van der Waals surface area contributed by atoms with E-state index in [0.717, 1.165) is 24.2 Å². The molecule has 3 N–H and O–H groups in total. The van der Waals surface area contributed by atoms with Gasteiger partial charge in [0, 0.05) is 24.7 Å². The minimum absolute atomic E-state index is 0.220. The molecule has 1 aliphatic heterocycles. The van der Waals surface area contributed by atoms with Crippen molar-refractivity contribution in [2.45, 2.75) is 32.4 Å². The Kier molecular flexibility index (Phi) is 6.72. The van der Waals surface area contributed by atoms with E-state index in [4.69, 9.17) is 15.2 Å². The molecule has 1 aliphatic rings. The maximum absolute atomic E-state index is 11.7. The van der Waals surface area contributed by atoms with Gasteiger partial charge >= 0.3 is 6.09 Å². The van der Waals surface area contributed by atoms with Gasteiger partial charge in [0.2, 0.25) is 0 Å². The topological polar surface area (TPSA) is 89.2 Å². The van der Waals surface area contributed by atoms with Crippen LogP contribution in [0.3, 0.4) is 0 Å². The number of benzene rings is 1. The number of para-hydroxylation sites is 1. The van der Waals surface area contributed by atoms with Crippen LogP contribution in [0.25, 0.3) is 0 Å². The van der Waals surface area contributed by atoms with Crippen molar-refractivity contribution >= 4 is 12.1 Å². The lowest BCUT2D eigenvalue weighted by molar-refractivity contribution is 0.0963. The third-order valence-electron chi connectivity index (χ3n) is 3.99. The monoisotopic (exact) mass is 334 g/mol. The maximum Gasteiger partial charge on any atom is 0.409 e. The van der Waals surface area contributed by atoms with Crippen LogP contribution in [0.15, 0.2) is 29.3 Å². The Morgan fingerprint density at radius 2 is 2.08 bits per heavy atom. The van der Waals surface area contributed by atoms with Crippen LogP contribution in [0.1, 0.15) is 25.3 Å². The molecule has 1 saturated heterocycles. The summed E-state index contributed by atoms with van der Waals surface area (Å²) in [4.78, 5) is 17.8. The summed E-state index contributed by atoms with van der Waals surface area (Å²) < 4.78 is 10.3. The average Bonchev–Trinajstić information content (AvgIpc) is 2.61. The number of nitrogens with two attached hydrogens (primary N) is 1. The van der Waals surface area contributed by atoms with Crippen LogP contribution in [0.2, 0.25) is 0 Å². The lowest BCUT2D eigenvalue weighted by Gasteiger charge is -2.31. The molecule has 0 aliphatic carbocycles. The fourth-order valence-electron chi connectivity index (χ4n) is 2.68. The molecular formula is C17H26N4O3. The smallest absolute Gasteiger partial charge is 0.409 e. The molecule has 132 valence electrons. The van der Waals surface area contributed by atoms with Gasteiger partial charge in [0.15, 0.2) is 5.96 Å². The van der Waals surface area contributed by atoms with Crippen molar-refractivity contribution in [1.29, 1.82) is 0 Å². The summed E-state index contributed by atoms with van der Waals surface area (Å²) >= 11 is 0. The SMILES string of the molecule is CCOC(=O)N1CCC(NC(N)=NCc2ccccc2OC)CC1. The van der Waals surface area contributed by atoms with Crippen LogP contribution >= 0.6 is 0 Å². The molecule has 0 radical (unpaired) electrons. The van der Waals surface area contributed by atoms with Crippen molar-refractivity contribution in [2.75, 3.05) is 26.8 Å². The first-order valence-corrected chi connectivity index (χ1v) is 8.24. The van der Waals surface area contributed by atoms with Crippen molar-refractivity contribution in [1.82, 2.24) is 10.2 Å². The highest BCUT2D eigenvalue weighted by Crippen LogP contribution is 2.18. The Labute approximate surface area is 142 Å². The number of hydrogen-bond acceptors (Lipinski definition) is 4. The van der Waals surface area contributed by atoms with E-state index in [1.54, 1.807) is 12.0 Å². The van der Waals surface area contributed by atoms with E-state index in [9.17, 15) is 4.79 Å². The molecule has 0 bridgehead atoms. The van der Waals surface area contributed by atoms with Gasteiger partial charge in [-0.2, -0.15) is 0 Å². The molecule has 1 aromatic rings. The van der Waals surface area contributed by atoms with E-state index in [-0.39, 0.29) is 12.1 Å². The molecule has 7 heteroatoms. The lowest BCUT2D eigenvalue weighted by atomic mass is 10.1. The van der Waals surface area contributed by atoms with Gasteiger partial charge < -0.3 is 25.4 Å². The second-order valence-corrected chi connectivity index (χ2v) is 5.62. The summed E-state index contributed by atoms with van der Waals surface area (Å²) in [6, 6.07) is 7.96. The number of likely N-dealkylation sites (tertiary alicyclic amines) is 1. The molecule has 0 aromatic heterocycles. The number of methoxy groups -OCH3 is 1. The minimum atomic E-state index is -0.242. The highest BCUT2D eigenvalue weighted by Gasteiger charge is 2.23. The molecule has 1 amide bonds. The summed E-state index contributed by atoms with van der Waals surface area (Å²) in [7, 11) is 1.64. The summed E-state index contributed by atoms with van der Waals surface area (Å²) in [5.41, 5.74) is 6.97. The molecule has 1 aromatic carbocycles. The number of amides is 1. The molecule has 0 saturated carbocycles. The number of nitrogens with zero attached hydrogens (tertiary/aromatic N) is 2. The van der Waals surface area contributed by atoms with Crippen LogP contribution in [0.5, 0.6) is 5.75 Å². The number of hydrogen-bond donors (Lipinski definition) is 2. The van der Waals surface area contributed by atoms with Gasteiger partial charge in [-0.15, -0.1) is 0 Å². The van der Waals surface area contributed by atoms with Crippen molar-refractivity contribution in [3.05, 3.63) is 29.8 Å². The third kappa shape index (κ3) is 5.04. The molecule has 0 spiro atoms. The predicted molar refractivity (Wildman–Crippen MR) is 93.1 cm³/mol. The molecule has 24 heavy (non-hydrogen) atoms. The van der Waals surface area contributed by atoms with Crippen LogP contribution in [0, 0.1) is 0 Å². The Morgan fingerprint density at radius 1 is 1.38 bits per heavy atom. The van der Waals surface area contributed by atoms with Crippen molar-refractivity contribution in [2.24, 2.45) is 10.7 Å². The maximum atomic E-state index is 11.7. The van der Waals surface area contributed by atoms with Gasteiger partial charge in [-0.05, 0) is 25.8 Å². The first-order valence-electron chi connectivity index (χ1n) is 8.24. The zero-order valence-corrected chi connectivity index (χ0v) is 14.3. The Hall–Kier alpha value is -2.44. The van der Waals surface area contributed by atoms with E-state index in [1.165, 1.54) is 0 Å². The van der Waals surface area contributed by atoms with Crippen molar-refractivity contribution in [3.63, 3.8) is 0 Å². The van der Waals surface area contributed by atoms with E-state index < -0.39 is 0 Å². The number of piperidine rings is 1. The summed E-state index contributed by atoms with van der Waals surface area (Å²) in [6.07, 6.45) is 1.40. The number of rotatable bonds is 5. The number of carbonyl (C=O) groups is 1. The Morgan fingerprint density at radius 3 is 2.75 bits per heavy atom. The van der Waals surface area contributed by atoms with Gasteiger partial charge in [0.1, 0.15) is 5.75 Å². The molecule has 0 atom stereocenters. The first-order chi connectivity index (χ1) is 11.6. The quantitative estimate of drug-likeness (QED) is 0.632. The molecule has 2 rings (SSSR count). The van der Waals surface area contributed by atoms with Gasteiger partial charge in [0.05, 0.1) is 20.3 Å². The summed E-state index contributed by atoms with van der Waals surface area (Å²) in [6.45, 7) is 4.00. The number of carbonyl (C=O) groups excluding carboxylic acids is 1. The highest BCUT2D eigenvalue weighted by molar-refractivity contribution is 5.78. The van der Waals surface area contributed by atoms with E-state index in [2.05, 4.69) is 10.3 Å². The van der Waals surface area contributed by atoms with Crippen LogP contribution < -0.4 is 15.8 Å². The number of nitrogens with one attached hydrogen (secondary N) is 1. The molecule has 1 fully saturated rings. The average molecular weight is 334 g/mol. The Balaban J connectivity index is 1.80. The number of aliphatic imine (C=N–C) groups is 1. The molecule has 0 unspecified atom stereocenters. The fraction of sp³-hybridized carbons (Fsp3) is 0.529. The minimum Gasteiger partial charge on any atom is -0.496 e. The lowest BCUT2D eigenvalue weighted by Crippen LogP contribution is -2.48. The van der Waals surface area contributed by atoms with E-state index >= 15 is 0 Å². The Bertz CT molecular complexity index is 569. The van der Waals surface area contributed by atoms with Gasteiger partial charge in [-0.25, -0.2) is 9.79 Å². The largest absolute Gasteiger partial charge is 0.496 e. The second kappa shape index (κ2) is 9.00. The van der Waals surface area contributed by atoms with Crippen LogP contribution in [-0.2, 0) is 11.3 Å². The van der Waals surface area contributed by atoms with Crippen molar-refractivity contribution < 1.29 is 14.3 Å². The van der Waals surface area contributed by atoms with E-state index in [1.807, 2.05) is 31.2 Å². The van der Waals surface area contributed by atoms with Gasteiger partial charge in [-0.3, -0.25) is 0 Å². The zero-order chi connectivity index (χ0) is 17.4. The summed E-state index contributed by atoms with van der Waals surface area (Å²) in [5.74, 6) is 1.22. The highest BCUT2D eigenvalue weighted by atomic mass is 16.6. The predicted octanol–water partition coefficient (Wildman–Crippen LogP) is 1.72. The van der Waals surface area contributed by atoms with Gasteiger partial charge in [-0.1, -0.05) is 18.2 Å². The third-order valence-corrected chi connectivity index (χ3v) is 3.99. The van der Waals surface area contributed by atoms with Crippen molar-refractivity contribution in [3.8, 4) is 5.75 Å². The molecular weight excluding hydrogens is 308 g/mol. The second-order valence-electron chi connectivity index (χ2n) is 5.62. The van der Waals surface area contributed by atoms with Crippen LogP contribution in [-0.4, -0.2) is 49.8 Å². The van der Waals surface area contributed by atoms with Gasteiger partial charge in [0.25, 0.3) is 0 Å². The summed E-state index contributed by atoms with van der Waals surface area (Å²) in [5, 5.41) is 3.23. The van der Waals surface area contributed by atoms with Crippen LogP contribution in [0.4, 0.5) is 4.79 Å². The normalized spacial score (nSPS) is 15.9. The molecule has 1 heterocycles. The molecule has 7 nitrogen and oxygen atoms in total. The number of ether oxygens (including phenoxy) is 2. The fourth-order valence-corrected chi connectivity index (χ4v) is 2.68. The standard InChI is InChI=1S/C17H26N4O3/c1-3-24-17(22)21-10-8-14(9-11-21)20-16(18)19-12-13-6-4-5-7-15(13)23-2/h4-7,14H,3,8-12H2,1-2H3,(H3,18,19,20). The number of guanidine groups is 1. The zero-order valence-electron chi connectivity index (χ0n) is 14.3. The first kappa shape index (κ1) is 17.9. The van der Waals surface area contributed by atoms with E-state index in [0.29, 0.717) is 32.2 Å².